The van der Waals surface area contributed by atoms with E-state index in [0.29, 0.717) is 6.73 Å². The second kappa shape index (κ2) is 9.79. The van der Waals surface area contributed by atoms with E-state index in [0.717, 1.165) is 26.2 Å². The Morgan fingerprint density at radius 3 is 3.11 bits per heavy atom. The normalized spacial score (nSPS) is 20.0. The Labute approximate surface area is 110 Å². The van der Waals surface area contributed by atoms with Crippen molar-refractivity contribution in [3.63, 3.8) is 0 Å². The van der Waals surface area contributed by atoms with E-state index in [-0.39, 0.29) is 5.92 Å². The molecule has 1 N–H and O–H groups in total. The molecular formula is C13H24N4O. The van der Waals surface area contributed by atoms with Crippen LogP contribution in [0.5, 0.6) is 0 Å². The average Bonchev–Trinajstić information content (AvgIpc) is 2.63. The molecule has 0 aromatic rings. The summed E-state index contributed by atoms with van der Waals surface area (Å²) in [6.45, 7) is 6.74. The lowest BCUT2D eigenvalue weighted by molar-refractivity contribution is 0.209. The van der Waals surface area contributed by atoms with Crippen LogP contribution in [-0.2, 0) is 4.74 Å². The third-order valence-electron chi connectivity index (χ3n) is 2.62. The summed E-state index contributed by atoms with van der Waals surface area (Å²) in [5.74, 6) is 0.281. The largest absolute Gasteiger partial charge is 0.363 e. The Bertz CT molecular complexity index is 281. The van der Waals surface area contributed by atoms with E-state index >= 15 is 0 Å². The highest BCUT2D eigenvalue weighted by Crippen LogP contribution is 1.95. The smallest absolute Gasteiger partial charge is 0.136 e. The molecule has 0 amide bonds. The number of nitrogens with zero attached hydrogens (tertiary/aromatic N) is 3. The lowest BCUT2D eigenvalue weighted by Crippen LogP contribution is -2.26. The minimum atomic E-state index is 0.281. The molecule has 1 aliphatic rings. The molecule has 1 fully saturated rings. The number of allylic oxidation sites excluding steroid dienone is 1. The quantitative estimate of drug-likeness (QED) is 0.569. The van der Waals surface area contributed by atoms with Gasteiger partial charge in [0.15, 0.2) is 0 Å². The van der Waals surface area contributed by atoms with Crippen molar-refractivity contribution in [2.45, 2.75) is 13.3 Å². The number of hydrogen-bond acceptors (Lipinski definition) is 4. The van der Waals surface area contributed by atoms with Crippen molar-refractivity contribution in [1.29, 1.82) is 0 Å². The van der Waals surface area contributed by atoms with Crippen LogP contribution in [0.15, 0.2) is 22.3 Å². The van der Waals surface area contributed by atoms with Gasteiger partial charge in [-0.2, -0.15) is 0 Å². The molecule has 0 aliphatic carbocycles. The van der Waals surface area contributed by atoms with E-state index in [4.69, 9.17) is 4.74 Å². The number of ether oxygens (including phenoxy) is 1. The van der Waals surface area contributed by atoms with Gasteiger partial charge in [-0.1, -0.05) is 13.0 Å². The maximum Gasteiger partial charge on any atom is 0.136 e. The lowest BCUT2D eigenvalue weighted by Gasteiger charge is -2.14. The molecule has 1 atom stereocenters. The van der Waals surface area contributed by atoms with Gasteiger partial charge < -0.3 is 15.0 Å². The molecule has 0 radical (unpaired) electrons. The highest BCUT2D eigenvalue weighted by atomic mass is 16.5. The number of nitrogens with one attached hydrogen (secondary N) is 1. The molecule has 18 heavy (non-hydrogen) atoms. The average molecular weight is 252 g/mol. The molecule has 1 rings (SSSR count). The van der Waals surface area contributed by atoms with E-state index in [1.54, 1.807) is 7.11 Å². The zero-order valence-corrected chi connectivity index (χ0v) is 11.4. The van der Waals surface area contributed by atoms with Gasteiger partial charge in [0.25, 0.3) is 0 Å². The molecule has 102 valence electrons. The summed E-state index contributed by atoms with van der Waals surface area (Å²) in [4.78, 5) is 10.7. The highest BCUT2D eigenvalue weighted by molar-refractivity contribution is 5.62. The zero-order chi connectivity index (χ0) is 13.1. The lowest BCUT2D eigenvalue weighted by atomic mass is 10.2. The van der Waals surface area contributed by atoms with Crippen LogP contribution in [0.1, 0.15) is 13.3 Å². The fourth-order valence-corrected chi connectivity index (χ4v) is 1.63. The molecule has 5 heteroatoms. The van der Waals surface area contributed by atoms with Crippen molar-refractivity contribution < 1.29 is 4.74 Å². The van der Waals surface area contributed by atoms with E-state index < -0.39 is 0 Å². The maximum atomic E-state index is 4.84. The van der Waals surface area contributed by atoms with Crippen molar-refractivity contribution >= 4 is 12.6 Å². The van der Waals surface area contributed by atoms with Gasteiger partial charge in [-0.05, 0) is 13.0 Å². The van der Waals surface area contributed by atoms with Gasteiger partial charge in [0.05, 0.1) is 6.34 Å². The monoisotopic (exact) mass is 252 g/mol. The van der Waals surface area contributed by atoms with E-state index in [1.807, 2.05) is 24.8 Å². The number of hydrogen-bond donors (Lipinski definition) is 1. The molecule has 5 nitrogen and oxygen atoms in total. The van der Waals surface area contributed by atoms with E-state index in [1.165, 1.54) is 6.42 Å². The third kappa shape index (κ3) is 7.19. The fraction of sp³-hybridized carbons (Fsp3) is 0.692. The van der Waals surface area contributed by atoms with Crippen molar-refractivity contribution in [2.24, 2.45) is 15.9 Å². The van der Waals surface area contributed by atoms with Crippen LogP contribution in [0.4, 0.5) is 0 Å². The Balaban J connectivity index is 2.25. The summed E-state index contributed by atoms with van der Waals surface area (Å²) < 4.78 is 4.84. The second-order valence-electron chi connectivity index (χ2n) is 4.35. The Hall–Kier alpha value is -1.20. The van der Waals surface area contributed by atoms with Gasteiger partial charge in [0, 0.05) is 45.1 Å². The predicted octanol–water partition coefficient (Wildman–Crippen LogP) is 1.13. The molecular weight excluding hydrogens is 228 g/mol. The van der Waals surface area contributed by atoms with Crippen LogP contribution in [-0.4, -0.2) is 57.5 Å². The van der Waals surface area contributed by atoms with Gasteiger partial charge in [0.1, 0.15) is 6.73 Å². The Morgan fingerprint density at radius 2 is 2.28 bits per heavy atom. The zero-order valence-electron chi connectivity index (χ0n) is 11.4. The van der Waals surface area contributed by atoms with Crippen LogP contribution in [0, 0.1) is 5.92 Å². The van der Waals surface area contributed by atoms with E-state index in [9.17, 15) is 0 Å². The number of rotatable bonds is 6. The van der Waals surface area contributed by atoms with Gasteiger partial charge in [-0.15, -0.1) is 0 Å². The summed E-state index contributed by atoms with van der Waals surface area (Å²) in [6.07, 6.45) is 8.82. The summed E-state index contributed by atoms with van der Waals surface area (Å²) in [5, 5.41) is 3.36. The summed E-state index contributed by atoms with van der Waals surface area (Å²) in [7, 11) is 1.64. The van der Waals surface area contributed by atoms with Gasteiger partial charge in [-0.3, -0.25) is 4.99 Å². The molecule has 1 heterocycles. The minimum absolute atomic E-state index is 0.281. The minimum Gasteiger partial charge on any atom is -0.363 e. The van der Waals surface area contributed by atoms with Crippen LogP contribution in [0.25, 0.3) is 0 Å². The predicted molar refractivity (Wildman–Crippen MR) is 76.2 cm³/mol. The first kappa shape index (κ1) is 14.9. The van der Waals surface area contributed by atoms with Gasteiger partial charge >= 0.3 is 0 Å². The van der Waals surface area contributed by atoms with Gasteiger partial charge in [0.2, 0.25) is 0 Å². The van der Waals surface area contributed by atoms with Crippen molar-refractivity contribution in [3.05, 3.63) is 12.3 Å². The summed E-state index contributed by atoms with van der Waals surface area (Å²) >= 11 is 0. The second-order valence-corrected chi connectivity index (χ2v) is 4.35. The molecule has 0 aromatic heterocycles. The Morgan fingerprint density at radius 1 is 1.39 bits per heavy atom. The van der Waals surface area contributed by atoms with Crippen LogP contribution < -0.4 is 5.32 Å². The van der Waals surface area contributed by atoms with Crippen LogP contribution in [0.3, 0.4) is 0 Å². The molecule has 1 unspecified atom stereocenters. The molecule has 0 spiro atoms. The summed E-state index contributed by atoms with van der Waals surface area (Å²) in [5.41, 5.74) is 0. The number of methoxy groups -OCH3 is 1. The molecule has 1 aliphatic heterocycles. The van der Waals surface area contributed by atoms with E-state index in [2.05, 4.69) is 27.1 Å². The topological polar surface area (TPSA) is 49.2 Å². The molecule has 0 saturated carbocycles. The first-order valence-electron chi connectivity index (χ1n) is 6.46. The SMILES string of the molecule is COCN=CC(C)/C=C/N=CN1CCCNCC1. The van der Waals surface area contributed by atoms with Crippen molar-refractivity contribution in [3.8, 4) is 0 Å². The van der Waals surface area contributed by atoms with Crippen LogP contribution in [0.2, 0.25) is 0 Å². The van der Waals surface area contributed by atoms with Gasteiger partial charge in [-0.25, -0.2) is 4.99 Å². The molecule has 1 saturated heterocycles. The number of aliphatic imine (C=N–C) groups is 2. The first-order valence-corrected chi connectivity index (χ1v) is 6.46. The molecule has 0 aromatic carbocycles. The van der Waals surface area contributed by atoms with Crippen LogP contribution >= 0.6 is 0 Å². The summed E-state index contributed by atoms with van der Waals surface area (Å²) in [6, 6.07) is 0. The Kier molecular flexibility index (Phi) is 8.08. The van der Waals surface area contributed by atoms with Crippen molar-refractivity contribution in [2.75, 3.05) is 40.0 Å². The highest BCUT2D eigenvalue weighted by Gasteiger charge is 2.03. The molecule has 0 bridgehead atoms. The van der Waals surface area contributed by atoms with Crippen molar-refractivity contribution in [1.82, 2.24) is 10.2 Å². The maximum absolute atomic E-state index is 4.84. The first-order chi connectivity index (χ1) is 8.83. The third-order valence-corrected chi connectivity index (χ3v) is 2.62. The standard InChI is InChI=1S/C13H24N4O/c1-13(10-16-12-18-2)4-6-15-11-17-8-3-5-14-7-9-17/h4,6,10-11,13-14H,3,5,7-9,12H2,1-2H3/b6-4+,15-11?,16-10?. The fourth-order valence-electron chi connectivity index (χ4n) is 1.63.